The summed E-state index contributed by atoms with van der Waals surface area (Å²) in [6.07, 6.45) is 18.2. The van der Waals surface area contributed by atoms with E-state index in [1.165, 1.54) is 82.3 Å². The van der Waals surface area contributed by atoms with E-state index in [1.807, 2.05) is 20.8 Å². The van der Waals surface area contributed by atoms with Crippen molar-refractivity contribution in [3.63, 3.8) is 0 Å². The Kier molecular flexibility index (Phi) is 28.2. The van der Waals surface area contributed by atoms with Gasteiger partial charge in [-0.2, -0.15) is 0 Å². The van der Waals surface area contributed by atoms with E-state index in [0.717, 1.165) is 25.7 Å². The van der Waals surface area contributed by atoms with Crippen LogP contribution < -0.4 is 15.4 Å². The molecule has 2 aromatic rings. The Labute approximate surface area is 367 Å². The van der Waals surface area contributed by atoms with Gasteiger partial charge in [-0.05, 0) is 57.9 Å². The van der Waals surface area contributed by atoms with Gasteiger partial charge in [-0.3, -0.25) is 14.4 Å². The molecule has 0 unspecified atom stereocenters. The Bertz CT molecular complexity index is 1650. The van der Waals surface area contributed by atoms with Crippen molar-refractivity contribution in [3.05, 3.63) is 48.0 Å². The van der Waals surface area contributed by atoms with Crippen LogP contribution in [0, 0.1) is 0 Å². The maximum absolute atomic E-state index is 13.0. The first kappa shape index (κ1) is 53.9. The number of unbranched alkanes of at least 4 members (excludes halogenated alkanes) is 12. The van der Waals surface area contributed by atoms with Gasteiger partial charge in [0.25, 0.3) is 5.91 Å². The summed E-state index contributed by atoms with van der Waals surface area (Å²) < 4.78 is 57.9. The molecule has 3 N–H and O–H groups in total. The topological polar surface area (TPSA) is 228 Å². The SMILES string of the molecule is CC(C)(C)OC(=O)CCCCCCCCCCCCCCCOc1ccc(S(=O)(=O)Cc2ncc(C(=O)NCCOCCOCC(=O)NCCOCCOCC(=O)O)cn2)cc1. The van der Waals surface area contributed by atoms with Crippen molar-refractivity contribution in [2.75, 3.05) is 72.6 Å². The predicted octanol–water partition coefficient (Wildman–Crippen LogP) is 5.63. The van der Waals surface area contributed by atoms with Gasteiger partial charge in [0.15, 0.2) is 9.84 Å². The van der Waals surface area contributed by atoms with Crippen LogP contribution in [-0.4, -0.2) is 125 Å². The van der Waals surface area contributed by atoms with Crippen LogP contribution in [0.5, 0.6) is 5.75 Å². The average Bonchev–Trinajstić information content (AvgIpc) is 3.22. The van der Waals surface area contributed by atoms with Crippen molar-refractivity contribution in [2.24, 2.45) is 0 Å². The minimum Gasteiger partial charge on any atom is -0.494 e. The quantitative estimate of drug-likeness (QED) is 0.0552. The number of benzene rings is 1. The molecule has 0 saturated heterocycles. The van der Waals surface area contributed by atoms with Crippen molar-refractivity contribution in [1.82, 2.24) is 20.6 Å². The third-order valence-corrected chi connectivity index (χ3v) is 10.6. The van der Waals surface area contributed by atoms with E-state index in [1.54, 1.807) is 12.1 Å². The number of carboxylic acid groups (broad SMARTS) is 1. The lowest BCUT2D eigenvalue weighted by atomic mass is 10.0. The Morgan fingerprint density at radius 2 is 1.13 bits per heavy atom. The number of rotatable bonds is 37. The second kappa shape index (κ2) is 32.4. The highest BCUT2D eigenvalue weighted by Crippen LogP contribution is 2.20. The van der Waals surface area contributed by atoms with Crippen LogP contribution in [0.3, 0.4) is 0 Å². The van der Waals surface area contributed by atoms with Crippen molar-refractivity contribution in [1.29, 1.82) is 0 Å². The molecule has 0 radical (unpaired) electrons. The maximum Gasteiger partial charge on any atom is 0.329 e. The number of amides is 2. The molecular formula is C44H70N4O13S. The van der Waals surface area contributed by atoms with E-state index in [9.17, 15) is 27.6 Å². The highest BCUT2D eigenvalue weighted by Gasteiger charge is 2.18. The number of carbonyl (C=O) groups excluding carboxylic acids is 3. The lowest BCUT2D eigenvalue weighted by molar-refractivity contribution is -0.155. The smallest absolute Gasteiger partial charge is 0.329 e. The molecule has 1 aromatic carbocycles. The molecule has 0 saturated carbocycles. The molecule has 2 amide bonds. The van der Waals surface area contributed by atoms with Crippen LogP contribution in [0.25, 0.3) is 0 Å². The third-order valence-electron chi connectivity index (χ3n) is 8.99. The van der Waals surface area contributed by atoms with Gasteiger partial charge in [0.1, 0.15) is 36.1 Å². The molecule has 0 aliphatic carbocycles. The number of sulfone groups is 1. The van der Waals surface area contributed by atoms with Gasteiger partial charge in [-0.15, -0.1) is 0 Å². The van der Waals surface area contributed by atoms with Crippen LogP contribution in [0.4, 0.5) is 0 Å². The molecule has 0 fully saturated rings. The van der Waals surface area contributed by atoms with Crippen LogP contribution in [-0.2, 0) is 53.7 Å². The summed E-state index contributed by atoms with van der Waals surface area (Å²) in [5.74, 6) is -1.67. The van der Waals surface area contributed by atoms with Crippen LogP contribution >= 0.6 is 0 Å². The molecule has 350 valence electrons. The number of carboxylic acids is 1. The van der Waals surface area contributed by atoms with Crippen molar-refractivity contribution in [2.45, 2.75) is 127 Å². The van der Waals surface area contributed by atoms with Gasteiger partial charge in [-0.25, -0.2) is 23.2 Å². The van der Waals surface area contributed by atoms with Gasteiger partial charge in [-0.1, -0.05) is 70.6 Å². The highest BCUT2D eigenvalue weighted by molar-refractivity contribution is 7.90. The first-order valence-corrected chi connectivity index (χ1v) is 23.5. The first-order chi connectivity index (χ1) is 29.7. The summed E-state index contributed by atoms with van der Waals surface area (Å²) in [5.41, 5.74) is -0.234. The minimum atomic E-state index is -3.73. The molecule has 0 bridgehead atoms. The molecule has 62 heavy (non-hydrogen) atoms. The second-order valence-electron chi connectivity index (χ2n) is 15.7. The highest BCUT2D eigenvalue weighted by atomic mass is 32.2. The van der Waals surface area contributed by atoms with E-state index >= 15 is 0 Å². The predicted molar refractivity (Wildman–Crippen MR) is 232 cm³/mol. The van der Waals surface area contributed by atoms with Gasteiger partial charge in [0.05, 0.1) is 56.7 Å². The Morgan fingerprint density at radius 1 is 0.629 bits per heavy atom. The van der Waals surface area contributed by atoms with Gasteiger partial charge >= 0.3 is 11.9 Å². The fraction of sp³-hybridized carbons (Fsp3) is 0.682. The Hall–Kier alpha value is -4.23. The molecule has 17 nitrogen and oxygen atoms in total. The van der Waals surface area contributed by atoms with Crippen molar-refractivity contribution in [3.8, 4) is 5.75 Å². The van der Waals surface area contributed by atoms with Crippen LogP contribution in [0.2, 0.25) is 0 Å². The number of aromatic nitrogens is 2. The lowest BCUT2D eigenvalue weighted by Crippen LogP contribution is -2.31. The zero-order valence-corrected chi connectivity index (χ0v) is 37.8. The number of hydrogen-bond acceptors (Lipinski definition) is 14. The molecule has 1 heterocycles. The van der Waals surface area contributed by atoms with E-state index < -0.39 is 33.1 Å². The molecule has 0 aliphatic rings. The number of esters is 1. The van der Waals surface area contributed by atoms with Crippen LogP contribution in [0.1, 0.15) is 127 Å². The molecule has 2 rings (SSSR count). The zero-order chi connectivity index (χ0) is 45.3. The largest absolute Gasteiger partial charge is 0.494 e. The fourth-order valence-corrected chi connectivity index (χ4v) is 7.06. The number of aliphatic carboxylic acids is 1. The first-order valence-electron chi connectivity index (χ1n) is 21.8. The molecule has 0 spiro atoms. The molecule has 0 atom stereocenters. The van der Waals surface area contributed by atoms with E-state index in [2.05, 4.69) is 20.6 Å². The fourth-order valence-electron chi connectivity index (χ4n) is 5.86. The van der Waals surface area contributed by atoms with Crippen molar-refractivity contribution < 1.29 is 61.1 Å². The minimum absolute atomic E-state index is 0.0625. The Balaban J connectivity index is 1.47. The molecular weight excluding hydrogens is 825 g/mol. The second-order valence-corrected chi connectivity index (χ2v) is 17.7. The number of hydrogen-bond donors (Lipinski definition) is 3. The summed E-state index contributed by atoms with van der Waals surface area (Å²) in [6, 6.07) is 6.32. The van der Waals surface area contributed by atoms with E-state index in [0.29, 0.717) is 18.8 Å². The summed E-state index contributed by atoms with van der Waals surface area (Å²) in [5, 5.41) is 13.8. The van der Waals surface area contributed by atoms with Gasteiger partial charge in [0.2, 0.25) is 5.91 Å². The lowest BCUT2D eigenvalue weighted by Gasteiger charge is -2.19. The summed E-state index contributed by atoms with van der Waals surface area (Å²) in [7, 11) is -3.73. The van der Waals surface area contributed by atoms with E-state index in [-0.39, 0.29) is 94.1 Å². The number of nitrogens with zero attached hydrogens (tertiary/aromatic N) is 2. The standard InChI is InChI=1S/C44H70N4O13S/c1-44(2,3)61-42(52)17-15-13-11-9-7-5-4-6-8-10-12-14-16-24-60-37-18-20-38(21-19-37)62(54,55)35-39-47-31-36(32-48-39)43(53)46-23-26-57-27-29-58-33-40(49)45-22-25-56-28-30-59-34-41(50)51/h18-21,31-32H,4-17,22-30,33-35H2,1-3H3,(H,45,49)(H,46,53)(H,50,51). The van der Waals surface area contributed by atoms with Gasteiger partial charge in [0, 0.05) is 31.9 Å². The van der Waals surface area contributed by atoms with Crippen molar-refractivity contribution >= 4 is 33.6 Å². The third kappa shape index (κ3) is 28.4. The van der Waals surface area contributed by atoms with Gasteiger partial charge < -0.3 is 44.2 Å². The Morgan fingerprint density at radius 3 is 1.68 bits per heavy atom. The van der Waals surface area contributed by atoms with Crippen LogP contribution in [0.15, 0.2) is 41.6 Å². The summed E-state index contributed by atoms with van der Waals surface area (Å²) >= 11 is 0. The zero-order valence-electron chi connectivity index (χ0n) is 37.0. The molecule has 0 aliphatic heterocycles. The average molecular weight is 895 g/mol. The number of carbonyl (C=O) groups is 4. The summed E-state index contributed by atoms with van der Waals surface area (Å²) in [4.78, 5) is 54.6. The summed E-state index contributed by atoms with van der Waals surface area (Å²) in [6.45, 7) is 7.35. The number of nitrogens with one attached hydrogen (secondary N) is 2. The molecule has 18 heteroatoms. The normalized spacial score (nSPS) is 11.6. The van der Waals surface area contributed by atoms with E-state index in [4.69, 9.17) is 33.5 Å². The maximum atomic E-state index is 13.0. The molecule has 1 aromatic heterocycles. The number of ether oxygens (including phenoxy) is 6. The monoisotopic (exact) mass is 894 g/mol.